The molecule has 1 fully saturated rings. The number of Topliss-reactive ketones (excluding diaryl/α,β-unsaturated/α-hetero) is 1. The second-order valence-corrected chi connectivity index (χ2v) is 10.6. The molecule has 1 aliphatic heterocycles. The van der Waals surface area contributed by atoms with E-state index in [9.17, 15) is 9.59 Å². The van der Waals surface area contributed by atoms with Gasteiger partial charge in [-0.15, -0.1) is 0 Å². The van der Waals surface area contributed by atoms with E-state index in [-0.39, 0.29) is 30.3 Å². The minimum atomic E-state index is -0.299. The summed E-state index contributed by atoms with van der Waals surface area (Å²) < 4.78 is 12.1. The van der Waals surface area contributed by atoms with Crippen LogP contribution in [0, 0.1) is 11.8 Å². The molecule has 4 rings (SSSR count). The Morgan fingerprint density at radius 3 is 2.49 bits per heavy atom. The number of hydrogen-bond donors (Lipinski definition) is 1. The molecule has 3 aromatic rings. The summed E-state index contributed by atoms with van der Waals surface area (Å²) in [7, 11) is 0. The van der Waals surface area contributed by atoms with Crippen molar-refractivity contribution in [3.8, 4) is 5.75 Å². The smallest absolute Gasteiger partial charge is 0.262 e. The van der Waals surface area contributed by atoms with Crippen LogP contribution in [0.5, 0.6) is 5.75 Å². The number of carbonyl (C=O) groups excluding carboxylic acids is 2. The molecule has 1 N–H and O–H groups in total. The summed E-state index contributed by atoms with van der Waals surface area (Å²) in [4.78, 5) is 23.9. The summed E-state index contributed by atoms with van der Waals surface area (Å²) in [6.07, 6.45) is 0.931. The highest BCUT2D eigenvalue weighted by Crippen LogP contribution is 2.45. The molecular formula is C30H31Cl2NO4. The number of anilines is 1. The maximum atomic E-state index is 12.3. The maximum Gasteiger partial charge on any atom is 0.262 e. The lowest BCUT2D eigenvalue weighted by molar-refractivity contribution is -0.118. The van der Waals surface area contributed by atoms with Crippen LogP contribution < -0.4 is 10.1 Å². The Labute approximate surface area is 228 Å². The number of rotatable bonds is 8. The van der Waals surface area contributed by atoms with Gasteiger partial charge in [0.1, 0.15) is 5.75 Å². The Kier molecular flexibility index (Phi) is 8.91. The minimum absolute atomic E-state index is 0.0340. The highest BCUT2D eigenvalue weighted by atomic mass is 35.5. The van der Waals surface area contributed by atoms with Gasteiger partial charge in [-0.1, -0.05) is 67.4 Å². The molecule has 3 atom stereocenters. The van der Waals surface area contributed by atoms with Crippen LogP contribution in [0.4, 0.5) is 5.69 Å². The number of hydrogen-bond acceptors (Lipinski definition) is 4. The Hall–Kier alpha value is -2.86. The van der Waals surface area contributed by atoms with Crippen LogP contribution in [0.3, 0.4) is 0 Å². The molecule has 1 heterocycles. The number of carbonyl (C=O) groups is 2. The largest absolute Gasteiger partial charge is 0.484 e. The molecule has 0 radical (unpaired) electrons. The fraction of sp³-hybridized carbons (Fsp3) is 0.333. The Morgan fingerprint density at radius 2 is 1.81 bits per heavy atom. The summed E-state index contributed by atoms with van der Waals surface area (Å²) in [6, 6.07) is 20.2. The molecule has 37 heavy (non-hydrogen) atoms. The fourth-order valence-electron chi connectivity index (χ4n) is 4.79. The molecule has 0 aromatic heterocycles. The Balaban J connectivity index is 1.36. The van der Waals surface area contributed by atoms with Crippen LogP contribution >= 0.6 is 23.2 Å². The normalized spacial score (nSPS) is 19.5. The van der Waals surface area contributed by atoms with Crippen molar-refractivity contribution in [2.45, 2.75) is 39.2 Å². The minimum Gasteiger partial charge on any atom is -0.484 e. The molecule has 0 unspecified atom stereocenters. The first kappa shape index (κ1) is 27.2. The topological polar surface area (TPSA) is 64.6 Å². The van der Waals surface area contributed by atoms with Gasteiger partial charge in [0.05, 0.1) is 12.7 Å². The van der Waals surface area contributed by atoms with E-state index >= 15 is 0 Å². The van der Waals surface area contributed by atoms with Crippen molar-refractivity contribution in [3.63, 3.8) is 0 Å². The second-order valence-electron chi connectivity index (χ2n) is 9.80. The van der Waals surface area contributed by atoms with Crippen molar-refractivity contribution in [2.24, 2.45) is 11.8 Å². The number of benzene rings is 3. The average molecular weight is 540 g/mol. The van der Waals surface area contributed by atoms with E-state index < -0.39 is 0 Å². The van der Waals surface area contributed by atoms with Crippen LogP contribution in [-0.2, 0) is 9.53 Å². The zero-order valence-corrected chi connectivity index (χ0v) is 22.7. The maximum absolute atomic E-state index is 12.3. The number of ether oxygens (including phenoxy) is 2. The van der Waals surface area contributed by atoms with Crippen molar-refractivity contribution in [1.29, 1.82) is 0 Å². The molecule has 3 aromatic carbocycles. The first-order valence-corrected chi connectivity index (χ1v) is 13.2. The van der Waals surface area contributed by atoms with Crippen LogP contribution in [0.2, 0.25) is 10.0 Å². The average Bonchev–Trinajstić information content (AvgIpc) is 2.87. The predicted octanol–water partition coefficient (Wildman–Crippen LogP) is 7.73. The molecule has 0 saturated carbocycles. The second kappa shape index (κ2) is 12.1. The zero-order chi connectivity index (χ0) is 26.5. The van der Waals surface area contributed by atoms with Crippen LogP contribution in [0.15, 0.2) is 66.7 Å². The van der Waals surface area contributed by atoms with Crippen molar-refractivity contribution in [1.82, 2.24) is 0 Å². The van der Waals surface area contributed by atoms with Crippen molar-refractivity contribution in [2.75, 3.05) is 18.5 Å². The van der Waals surface area contributed by atoms with E-state index in [1.165, 1.54) is 6.92 Å². The van der Waals surface area contributed by atoms with E-state index in [0.29, 0.717) is 45.5 Å². The quantitative estimate of drug-likeness (QED) is 0.297. The van der Waals surface area contributed by atoms with Crippen molar-refractivity contribution in [3.05, 3.63) is 93.5 Å². The lowest BCUT2D eigenvalue weighted by atomic mass is 9.76. The molecule has 7 heteroatoms. The van der Waals surface area contributed by atoms with E-state index in [4.69, 9.17) is 32.7 Å². The molecule has 1 amide bonds. The van der Waals surface area contributed by atoms with Gasteiger partial charge in [-0.2, -0.15) is 0 Å². The lowest BCUT2D eigenvalue weighted by Crippen LogP contribution is -2.31. The van der Waals surface area contributed by atoms with Crippen molar-refractivity contribution < 1.29 is 19.1 Å². The molecule has 0 spiro atoms. The van der Waals surface area contributed by atoms with E-state index in [1.54, 1.807) is 30.3 Å². The van der Waals surface area contributed by atoms with Gasteiger partial charge >= 0.3 is 0 Å². The van der Waals surface area contributed by atoms with Gasteiger partial charge in [-0.05, 0) is 72.7 Å². The van der Waals surface area contributed by atoms with Crippen LogP contribution in [-0.4, -0.2) is 24.9 Å². The van der Waals surface area contributed by atoms with Crippen LogP contribution in [0.25, 0.3) is 0 Å². The van der Waals surface area contributed by atoms with Crippen LogP contribution in [0.1, 0.15) is 60.7 Å². The zero-order valence-electron chi connectivity index (χ0n) is 21.2. The standard InChI is InChI=1S/C30H31Cl2NO4/c1-18(2)27-14-22(26-12-9-23(31)15-28(26)32)16-37-30(27)20-7-10-25(11-8-20)36-17-29(35)33-24-6-4-5-21(13-24)19(3)34/h4-13,15,18,22,27,30H,14,16-17H2,1-3H3,(H,33,35)/t22-,27-,30-/m0/s1. The van der Waals surface area contributed by atoms with E-state index in [1.807, 2.05) is 36.4 Å². The fourth-order valence-corrected chi connectivity index (χ4v) is 5.36. The van der Waals surface area contributed by atoms with Gasteiger partial charge in [0.2, 0.25) is 0 Å². The first-order valence-electron chi connectivity index (χ1n) is 12.4. The number of amides is 1. The molecule has 1 saturated heterocycles. The summed E-state index contributed by atoms with van der Waals surface area (Å²) in [5.41, 5.74) is 3.26. The first-order chi connectivity index (χ1) is 17.7. The Bertz CT molecular complexity index is 1260. The number of halogens is 2. The van der Waals surface area contributed by atoms with E-state index in [2.05, 4.69) is 19.2 Å². The summed E-state index contributed by atoms with van der Waals surface area (Å²) >= 11 is 12.6. The lowest BCUT2D eigenvalue weighted by Gasteiger charge is -2.39. The third kappa shape index (κ3) is 6.92. The monoisotopic (exact) mass is 539 g/mol. The van der Waals surface area contributed by atoms with E-state index in [0.717, 1.165) is 17.5 Å². The summed E-state index contributed by atoms with van der Waals surface area (Å²) in [6.45, 7) is 6.37. The van der Waals surface area contributed by atoms with Crippen molar-refractivity contribution >= 4 is 40.6 Å². The molecule has 1 aliphatic rings. The summed E-state index contributed by atoms with van der Waals surface area (Å²) in [5.74, 6) is 1.18. The molecular weight excluding hydrogens is 509 g/mol. The van der Waals surface area contributed by atoms with Gasteiger partial charge in [-0.25, -0.2) is 0 Å². The highest BCUT2D eigenvalue weighted by Gasteiger charge is 2.35. The third-order valence-corrected chi connectivity index (χ3v) is 7.37. The van der Waals surface area contributed by atoms with Gasteiger partial charge in [-0.3, -0.25) is 9.59 Å². The molecule has 194 valence electrons. The predicted molar refractivity (Wildman–Crippen MR) is 148 cm³/mol. The highest BCUT2D eigenvalue weighted by molar-refractivity contribution is 6.35. The Morgan fingerprint density at radius 1 is 1.05 bits per heavy atom. The summed E-state index contributed by atoms with van der Waals surface area (Å²) in [5, 5.41) is 4.07. The van der Waals surface area contributed by atoms with Gasteiger partial charge in [0.25, 0.3) is 5.91 Å². The van der Waals surface area contributed by atoms with Gasteiger partial charge in [0.15, 0.2) is 12.4 Å². The van der Waals surface area contributed by atoms with Gasteiger partial charge < -0.3 is 14.8 Å². The number of nitrogens with one attached hydrogen (secondary N) is 1. The van der Waals surface area contributed by atoms with Gasteiger partial charge in [0, 0.05) is 27.2 Å². The SMILES string of the molecule is CC(=O)c1cccc(NC(=O)COc2ccc([C@@H]3OC[C@@H](c4ccc(Cl)cc4Cl)C[C@H]3C(C)C)cc2)c1. The molecule has 0 aliphatic carbocycles. The molecule has 5 nitrogen and oxygen atoms in total. The molecule has 0 bridgehead atoms. The number of ketones is 1. The third-order valence-electron chi connectivity index (χ3n) is 6.81.